The fourth-order valence-corrected chi connectivity index (χ4v) is 1.60. The molecule has 1 heterocycles. The Labute approximate surface area is 106 Å². The van der Waals surface area contributed by atoms with Gasteiger partial charge in [0.05, 0.1) is 17.4 Å². The molecule has 0 unspecified atom stereocenters. The van der Waals surface area contributed by atoms with Crippen LogP contribution in [0.1, 0.15) is 29.6 Å². The van der Waals surface area contributed by atoms with E-state index in [1.807, 2.05) is 11.9 Å². The first-order chi connectivity index (χ1) is 8.56. The van der Waals surface area contributed by atoms with E-state index in [4.69, 9.17) is 15.9 Å². The number of aliphatic hydroxyl groups excluding tert-OH is 1. The Morgan fingerprint density at radius 2 is 2.17 bits per heavy atom. The predicted octanol–water partition coefficient (Wildman–Crippen LogP) is 0.961. The van der Waals surface area contributed by atoms with E-state index in [9.17, 15) is 4.79 Å². The van der Waals surface area contributed by atoms with E-state index in [2.05, 4.69) is 4.98 Å². The average molecular weight is 253 g/mol. The summed E-state index contributed by atoms with van der Waals surface area (Å²) in [5.74, 6) is -0.463. The van der Waals surface area contributed by atoms with Gasteiger partial charge in [-0.05, 0) is 25.3 Å². The topological polar surface area (TPSA) is 99.7 Å². The highest BCUT2D eigenvalue weighted by Gasteiger charge is 2.11. The van der Waals surface area contributed by atoms with Crippen LogP contribution in [0.4, 0.5) is 11.5 Å². The van der Waals surface area contributed by atoms with Crippen molar-refractivity contribution in [1.82, 2.24) is 4.98 Å². The number of hydrogen-bond donors (Lipinski definition) is 3. The van der Waals surface area contributed by atoms with E-state index in [-0.39, 0.29) is 17.9 Å². The number of carboxylic acids is 1. The largest absolute Gasteiger partial charge is 0.478 e. The Hall–Kier alpha value is -1.82. The number of hydrogen-bond acceptors (Lipinski definition) is 5. The van der Waals surface area contributed by atoms with Gasteiger partial charge in [0.15, 0.2) is 0 Å². The van der Waals surface area contributed by atoms with Crippen LogP contribution in [0.15, 0.2) is 12.3 Å². The van der Waals surface area contributed by atoms with Gasteiger partial charge >= 0.3 is 5.97 Å². The number of aliphatic hydroxyl groups is 1. The molecule has 18 heavy (non-hydrogen) atoms. The molecule has 0 spiro atoms. The van der Waals surface area contributed by atoms with Crippen LogP contribution in [-0.2, 0) is 0 Å². The van der Waals surface area contributed by atoms with Gasteiger partial charge in [-0.15, -0.1) is 0 Å². The number of pyridine rings is 1. The molecule has 0 saturated heterocycles. The van der Waals surface area contributed by atoms with E-state index in [1.165, 1.54) is 12.3 Å². The van der Waals surface area contributed by atoms with Crippen molar-refractivity contribution in [3.05, 3.63) is 17.8 Å². The quantitative estimate of drug-likeness (QED) is 0.626. The highest BCUT2D eigenvalue weighted by molar-refractivity contribution is 5.94. The SMILES string of the molecule is CN(CCCCCO)c1cc(C(=O)O)c(N)cn1. The maximum absolute atomic E-state index is 10.9. The highest BCUT2D eigenvalue weighted by Crippen LogP contribution is 2.17. The van der Waals surface area contributed by atoms with Gasteiger partial charge in [-0.2, -0.15) is 0 Å². The van der Waals surface area contributed by atoms with E-state index < -0.39 is 5.97 Å². The zero-order chi connectivity index (χ0) is 13.5. The first-order valence-corrected chi connectivity index (χ1v) is 5.87. The molecule has 0 aliphatic carbocycles. The van der Waals surface area contributed by atoms with Crippen LogP contribution in [0.5, 0.6) is 0 Å². The van der Waals surface area contributed by atoms with Gasteiger partial charge in [0.25, 0.3) is 0 Å². The molecule has 4 N–H and O–H groups in total. The van der Waals surface area contributed by atoms with Crippen molar-refractivity contribution in [1.29, 1.82) is 0 Å². The first kappa shape index (κ1) is 14.2. The average Bonchev–Trinajstić information content (AvgIpc) is 2.34. The van der Waals surface area contributed by atoms with Crippen LogP contribution < -0.4 is 10.6 Å². The van der Waals surface area contributed by atoms with Gasteiger partial charge in [0, 0.05) is 20.2 Å². The fraction of sp³-hybridized carbons (Fsp3) is 0.500. The number of unbranched alkanes of at least 4 members (excludes halogenated alkanes) is 2. The third-order valence-electron chi connectivity index (χ3n) is 2.69. The van der Waals surface area contributed by atoms with Gasteiger partial charge in [-0.1, -0.05) is 0 Å². The summed E-state index contributed by atoms with van der Waals surface area (Å²) in [6.07, 6.45) is 4.00. The van der Waals surface area contributed by atoms with Crippen molar-refractivity contribution >= 4 is 17.5 Å². The third-order valence-corrected chi connectivity index (χ3v) is 2.69. The number of nitrogen functional groups attached to an aromatic ring is 1. The smallest absolute Gasteiger partial charge is 0.337 e. The van der Waals surface area contributed by atoms with Crippen LogP contribution in [0.2, 0.25) is 0 Å². The minimum absolute atomic E-state index is 0.0715. The zero-order valence-electron chi connectivity index (χ0n) is 10.5. The van der Waals surface area contributed by atoms with Gasteiger partial charge < -0.3 is 20.8 Å². The van der Waals surface area contributed by atoms with Gasteiger partial charge in [-0.25, -0.2) is 9.78 Å². The monoisotopic (exact) mass is 253 g/mol. The second-order valence-electron chi connectivity index (χ2n) is 4.14. The second-order valence-corrected chi connectivity index (χ2v) is 4.14. The number of nitrogens with zero attached hydrogens (tertiary/aromatic N) is 2. The molecular weight excluding hydrogens is 234 g/mol. The maximum atomic E-state index is 10.9. The normalized spacial score (nSPS) is 10.3. The molecule has 1 aromatic rings. The molecule has 0 radical (unpaired) electrons. The molecule has 1 aromatic heterocycles. The zero-order valence-corrected chi connectivity index (χ0v) is 10.5. The third kappa shape index (κ3) is 3.89. The van der Waals surface area contributed by atoms with Gasteiger partial charge in [-0.3, -0.25) is 0 Å². The lowest BCUT2D eigenvalue weighted by Crippen LogP contribution is -2.20. The molecule has 6 nitrogen and oxygen atoms in total. The molecular formula is C12H19N3O3. The molecule has 0 aliphatic heterocycles. The van der Waals surface area contributed by atoms with Crippen molar-refractivity contribution in [2.75, 3.05) is 30.8 Å². The summed E-state index contributed by atoms with van der Waals surface area (Å²) in [6, 6.07) is 1.48. The lowest BCUT2D eigenvalue weighted by Gasteiger charge is -2.18. The summed E-state index contributed by atoms with van der Waals surface area (Å²) < 4.78 is 0. The predicted molar refractivity (Wildman–Crippen MR) is 69.8 cm³/mol. The summed E-state index contributed by atoms with van der Waals surface area (Å²) in [5, 5.41) is 17.6. The lowest BCUT2D eigenvalue weighted by molar-refractivity contribution is 0.0698. The Balaban J connectivity index is 2.65. The molecule has 0 bridgehead atoms. The van der Waals surface area contributed by atoms with Crippen LogP contribution >= 0.6 is 0 Å². The number of anilines is 2. The minimum atomic E-state index is -1.05. The van der Waals surface area contributed by atoms with E-state index in [0.29, 0.717) is 5.82 Å². The molecule has 0 aliphatic rings. The molecule has 0 atom stereocenters. The number of carbonyl (C=O) groups is 1. The number of aromatic carboxylic acids is 1. The van der Waals surface area contributed by atoms with Gasteiger partial charge in [0.1, 0.15) is 5.82 Å². The molecule has 6 heteroatoms. The Morgan fingerprint density at radius 3 is 2.78 bits per heavy atom. The summed E-state index contributed by atoms with van der Waals surface area (Å²) in [7, 11) is 1.85. The summed E-state index contributed by atoms with van der Waals surface area (Å²) in [6.45, 7) is 0.961. The Bertz CT molecular complexity index is 410. The molecule has 1 rings (SSSR count). The maximum Gasteiger partial charge on any atom is 0.337 e. The van der Waals surface area contributed by atoms with Crippen molar-refractivity contribution < 1.29 is 15.0 Å². The minimum Gasteiger partial charge on any atom is -0.478 e. The van der Waals surface area contributed by atoms with E-state index in [0.717, 1.165) is 25.8 Å². The molecule has 0 saturated carbocycles. The number of carboxylic acid groups (broad SMARTS) is 1. The first-order valence-electron chi connectivity index (χ1n) is 5.87. The Kier molecular flexibility index (Phi) is 5.38. The highest BCUT2D eigenvalue weighted by atomic mass is 16.4. The molecule has 0 aromatic carbocycles. The molecule has 0 fully saturated rings. The summed E-state index contributed by atoms with van der Waals surface area (Å²) in [5.41, 5.74) is 5.78. The van der Waals surface area contributed by atoms with Crippen molar-refractivity contribution in [2.45, 2.75) is 19.3 Å². The molecule has 0 amide bonds. The van der Waals surface area contributed by atoms with Crippen molar-refractivity contribution in [2.24, 2.45) is 0 Å². The van der Waals surface area contributed by atoms with Gasteiger partial charge in [0.2, 0.25) is 0 Å². The van der Waals surface area contributed by atoms with Crippen LogP contribution in [-0.4, -0.2) is 41.4 Å². The van der Waals surface area contributed by atoms with Crippen molar-refractivity contribution in [3.63, 3.8) is 0 Å². The number of rotatable bonds is 7. The number of aromatic nitrogens is 1. The van der Waals surface area contributed by atoms with Crippen molar-refractivity contribution in [3.8, 4) is 0 Å². The second kappa shape index (κ2) is 6.80. The van der Waals surface area contributed by atoms with Crippen LogP contribution in [0.3, 0.4) is 0 Å². The Morgan fingerprint density at radius 1 is 1.44 bits per heavy atom. The lowest BCUT2D eigenvalue weighted by atomic mass is 10.2. The van der Waals surface area contributed by atoms with Crippen LogP contribution in [0.25, 0.3) is 0 Å². The van der Waals surface area contributed by atoms with Crippen LogP contribution in [0, 0.1) is 0 Å². The summed E-state index contributed by atoms with van der Waals surface area (Å²) in [4.78, 5) is 16.9. The standard InChI is InChI=1S/C12H19N3O3/c1-15(5-3-2-4-6-16)11-7-9(12(17)18)10(13)8-14-11/h7-8,16H,2-6,13H2,1H3,(H,17,18). The number of nitrogens with two attached hydrogens (primary N) is 1. The fourth-order valence-electron chi connectivity index (χ4n) is 1.60. The van der Waals surface area contributed by atoms with E-state index >= 15 is 0 Å². The summed E-state index contributed by atoms with van der Waals surface area (Å²) >= 11 is 0. The van der Waals surface area contributed by atoms with E-state index in [1.54, 1.807) is 0 Å². The molecule has 100 valence electrons.